The molecule has 3 rings (SSSR count). The number of hydrogen-bond donors (Lipinski definition) is 0. The van der Waals surface area contributed by atoms with Crippen LogP contribution in [0.1, 0.15) is 26.3 Å². The molecule has 0 aliphatic heterocycles. The van der Waals surface area contributed by atoms with Crippen LogP contribution in [0, 0.1) is 0 Å². The van der Waals surface area contributed by atoms with Crippen molar-refractivity contribution in [2.24, 2.45) is 0 Å². The molecule has 0 aliphatic rings. The lowest BCUT2D eigenvalue weighted by Gasteiger charge is -2.24. The van der Waals surface area contributed by atoms with Gasteiger partial charge in [-0.05, 0) is 34.8 Å². The van der Waals surface area contributed by atoms with Crippen molar-refractivity contribution in [3.8, 4) is 0 Å². The maximum atomic E-state index is 2.39. The predicted octanol–water partition coefficient (Wildman–Crippen LogP) is 4.74. The Morgan fingerprint density at radius 1 is 0.565 bits per heavy atom. The molecule has 0 radical (unpaired) electrons. The first kappa shape index (κ1) is 16.0. The third-order valence-corrected chi connectivity index (χ3v) is 6.42. The van der Waals surface area contributed by atoms with Crippen LogP contribution in [0.4, 0.5) is 0 Å². The van der Waals surface area contributed by atoms with E-state index in [9.17, 15) is 0 Å². The Kier molecular flexibility index (Phi) is 4.64. The van der Waals surface area contributed by atoms with Crippen LogP contribution in [0.2, 0.25) is 0 Å². The minimum atomic E-state index is -0.509. The van der Waals surface area contributed by atoms with Crippen LogP contribution in [0.5, 0.6) is 0 Å². The third-order valence-electron chi connectivity index (χ3n) is 4.00. The summed E-state index contributed by atoms with van der Waals surface area (Å²) in [6.07, 6.45) is 0. The molecule has 0 saturated heterocycles. The van der Waals surface area contributed by atoms with E-state index in [1.807, 2.05) is 0 Å². The zero-order valence-electron chi connectivity index (χ0n) is 14.0. The van der Waals surface area contributed by atoms with Crippen molar-refractivity contribution in [2.75, 3.05) is 0 Å². The summed E-state index contributed by atoms with van der Waals surface area (Å²) in [5.74, 6) is 0. The summed E-state index contributed by atoms with van der Waals surface area (Å²) < 4.78 is 0. The van der Waals surface area contributed by atoms with Gasteiger partial charge >= 0.3 is 0 Å². The first-order chi connectivity index (χ1) is 11.1. The highest BCUT2D eigenvalue weighted by Gasteiger charge is 2.19. The second-order valence-corrected chi connectivity index (χ2v) is 9.03. The number of rotatable bonds is 3. The van der Waals surface area contributed by atoms with Crippen LogP contribution in [0.3, 0.4) is 0 Å². The van der Waals surface area contributed by atoms with Crippen molar-refractivity contribution in [1.82, 2.24) is 0 Å². The molecule has 0 saturated carbocycles. The molecule has 0 aromatic heterocycles. The summed E-state index contributed by atoms with van der Waals surface area (Å²) in [4.78, 5) is 0. The zero-order valence-corrected chi connectivity index (χ0v) is 14.9. The smallest absolute Gasteiger partial charge is 0.0132 e. The third kappa shape index (κ3) is 3.71. The Hall–Kier alpha value is -1.91. The summed E-state index contributed by atoms with van der Waals surface area (Å²) in [7, 11) is -0.509. The zero-order chi connectivity index (χ0) is 16.3. The van der Waals surface area contributed by atoms with Gasteiger partial charge in [0.05, 0.1) is 0 Å². The molecule has 0 amide bonds. The average molecular weight is 318 g/mol. The van der Waals surface area contributed by atoms with Gasteiger partial charge in [0.1, 0.15) is 0 Å². The number of hydrogen-bond acceptors (Lipinski definition) is 0. The van der Waals surface area contributed by atoms with Crippen molar-refractivity contribution in [3.05, 3.63) is 90.5 Å². The predicted molar refractivity (Wildman–Crippen MR) is 104 cm³/mol. The van der Waals surface area contributed by atoms with E-state index in [1.165, 1.54) is 21.5 Å². The fraction of sp³-hybridized carbons (Fsp3) is 0.182. The molecule has 0 bridgehead atoms. The van der Waals surface area contributed by atoms with E-state index in [0.717, 1.165) is 0 Å². The second kappa shape index (κ2) is 6.69. The van der Waals surface area contributed by atoms with E-state index in [-0.39, 0.29) is 5.41 Å². The van der Waals surface area contributed by atoms with Crippen LogP contribution in [-0.2, 0) is 5.41 Å². The maximum Gasteiger partial charge on any atom is -0.0132 e. The van der Waals surface area contributed by atoms with E-state index in [0.29, 0.717) is 0 Å². The minimum Gasteiger partial charge on any atom is -0.0622 e. The fourth-order valence-electron chi connectivity index (χ4n) is 2.71. The van der Waals surface area contributed by atoms with Gasteiger partial charge in [0.2, 0.25) is 0 Å². The van der Waals surface area contributed by atoms with Gasteiger partial charge in [0.15, 0.2) is 0 Å². The largest absolute Gasteiger partial charge is 0.0622 e. The summed E-state index contributed by atoms with van der Waals surface area (Å²) in [6.45, 7) is 6.83. The van der Waals surface area contributed by atoms with Gasteiger partial charge in [-0.15, -0.1) is 0 Å². The molecule has 1 heteroatoms. The van der Waals surface area contributed by atoms with Crippen molar-refractivity contribution >= 4 is 23.8 Å². The molecule has 0 nitrogen and oxygen atoms in total. The van der Waals surface area contributed by atoms with E-state index in [2.05, 4.69) is 106 Å². The van der Waals surface area contributed by atoms with E-state index in [4.69, 9.17) is 0 Å². The summed E-state index contributed by atoms with van der Waals surface area (Å²) in [5, 5.41) is 4.23. The first-order valence-electron chi connectivity index (χ1n) is 8.06. The van der Waals surface area contributed by atoms with Crippen LogP contribution < -0.4 is 15.9 Å². The summed E-state index contributed by atoms with van der Waals surface area (Å²) in [5.41, 5.74) is 1.57. The van der Waals surface area contributed by atoms with E-state index >= 15 is 0 Å². The van der Waals surface area contributed by atoms with Gasteiger partial charge in [-0.3, -0.25) is 0 Å². The van der Waals surface area contributed by atoms with Crippen molar-refractivity contribution in [3.63, 3.8) is 0 Å². The molecular weight excluding hydrogens is 295 g/mol. The molecule has 0 spiro atoms. The first-order valence-corrected chi connectivity index (χ1v) is 9.41. The van der Waals surface area contributed by atoms with Crippen molar-refractivity contribution in [1.29, 1.82) is 0 Å². The van der Waals surface area contributed by atoms with Gasteiger partial charge in [-0.1, -0.05) is 106 Å². The molecule has 23 heavy (non-hydrogen) atoms. The topological polar surface area (TPSA) is 0 Å². The van der Waals surface area contributed by atoms with E-state index < -0.39 is 7.92 Å². The van der Waals surface area contributed by atoms with Crippen molar-refractivity contribution in [2.45, 2.75) is 26.2 Å². The minimum absolute atomic E-state index is 0.171. The molecular formula is C22H23P. The molecule has 0 unspecified atom stereocenters. The number of benzene rings is 3. The second-order valence-electron chi connectivity index (χ2n) is 6.81. The molecule has 3 aromatic carbocycles. The Bertz CT molecular complexity index is 715. The fourth-order valence-corrected chi connectivity index (χ4v) is 5.05. The molecule has 0 N–H and O–H groups in total. The van der Waals surface area contributed by atoms with Crippen LogP contribution in [0.15, 0.2) is 84.9 Å². The standard InChI is InChI=1S/C22H23P/c1-22(2,3)18-11-10-16-21(17-18)23(19-12-6-4-7-13-19)20-14-8-5-9-15-20/h4-17H,1-3H3. The normalized spacial score (nSPS) is 11.7. The highest BCUT2D eigenvalue weighted by atomic mass is 31.1. The highest BCUT2D eigenvalue weighted by molar-refractivity contribution is 7.79. The Labute approximate surface area is 141 Å². The van der Waals surface area contributed by atoms with E-state index in [1.54, 1.807) is 0 Å². The van der Waals surface area contributed by atoms with Crippen LogP contribution in [0.25, 0.3) is 0 Å². The summed E-state index contributed by atoms with van der Waals surface area (Å²) in [6, 6.07) is 30.9. The van der Waals surface area contributed by atoms with Crippen LogP contribution in [-0.4, -0.2) is 0 Å². The van der Waals surface area contributed by atoms with Gasteiger partial charge < -0.3 is 0 Å². The Balaban J connectivity index is 2.14. The van der Waals surface area contributed by atoms with Crippen molar-refractivity contribution < 1.29 is 0 Å². The lowest BCUT2D eigenvalue weighted by atomic mass is 9.87. The van der Waals surface area contributed by atoms with Gasteiger partial charge in [0, 0.05) is 0 Å². The molecule has 0 heterocycles. The lowest BCUT2D eigenvalue weighted by molar-refractivity contribution is 0.591. The molecule has 0 atom stereocenters. The molecule has 0 aliphatic carbocycles. The average Bonchev–Trinajstić information content (AvgIpc) is 2.57. The molecule has 3 aromatic rings. The van der Waals surface area contributed by atoms with Crippen LogP contribution >= 0.6 is 7.92 Å². The molecule has 116 valence electrons. The van der Waals surface area contributed by atoms with Gasteiger partial charge in [0.25, 0.3) is 0 Å². The maximum absolute atomic E-state index is 2.39. The monoisotopic (exact) mass is 318 g/mol. The Morgan fingerprint density at radius 3 is 1.52 bits per heavy atom. The lowest BCUT2D eigenvalue weighted by Crippen LogP contribution is -2.22. The highest BCUT2D eigenvalue weighted by Crippen LogP contribution is 2.34. The quantitative estimate of drug-likeness (QED) is 0.612. The molecule has 0 fully saturated rings. The Morgan fingerprint density at radius 2 is 1.04 bits per heavy atom. The van der Waals surface area contributed by atoms with Gasteiger partial charge in [-0.25, -0.2) is 0 Å². The summed E-state index contributed by atoms with van der Waals surface area (Å²) >= 11 is 0. The SMILES string of the molecule is CC(C)(C)c1cccc(P(c2ccccc2)c2ccccc2)c1. The van der Waals surface area contributed by atoms with Gasteiger partial charge in [-0.2, -0.15) is 0 Å².